The van der Waals surface area contributed by atoms with Crippen molar-refractivity contribution >= 4 is 23.5 Å². The van der Waals surface area contributed by atoms with Gasteiger partial charge >= 0.3 is 0 Å². The lowest BCUT2D eigenvalue weighted by Crippen LogP contribution is -2.15. The molecule has 222 valence electrons. The van der Waals surface area contributed by atoms with Crippen molar-refractivity contribution in [1.29, 1.82) is 0 Å². The van der Waals surface area contributed by atoms with Crippen LogP contribution in [0.5, 0.6) is 23.0 Å². The predicted octanol–water partition coefficient (Wildman–Crippen LogP) is 12.5. The van der Waals surface area contributed by atoms with E-state index in [0.717, 1.165) is 23.0 Å². The van der Waals surface area contributed by atoms with Crippen molar-refractivity contribution in [3.63, 3.8) is 0 Å². The van der Waals surface area contributed by atoms with Gasteiger partial charge in [-0.15, -0.1) is 0 Å². The van der Waals surface area contributed by atoms with E-state index in [1.54, 1.807) is 23.5 Å². The topological polar surface area (TPSA) is 18.5 Å². The van der Waals surface area contributed by atoms with Gasteiger partial charge in [-0.25, -0.2) is 0 Å². The molecule has 2 heterocycles. The third-order valence-corrected chi connectivity index (χ3v) is 12.6. The van der Waals surface area contributed by atoms with Gasteiger partial charge in [-0.1, -0.05) is 112 Å². The fourth-order valence-electron chi connectivity index (χ4n) is 7.97. The Morgan fingerprint density at radius 1 is 0.435 bits per heavy atom. The van der Waals surface area contributed by atoms with E-state index < -0.39 is 0 Å². The van der Waals surface area contributed by atoms with Gasteiger partial charge in [0.1, 0.15) is 23.0 Å². The molecule has 10 rings (SSSR count). The average Bonchev–Trinajstić information content (AvgIpc) is 3.45. The summed E-state index contributed by atoms with van der Waals surface area (Å²) in [5.74, 6) is 3.85. The Kier molecular flexibility index (Phi) is 5.31. The van der Waals surface area contributed by atoms with E-state index >= 15 is 0 Å². The van der Waals surface area contributed by atoms with Crippen molar-refractivity contribution in [2.24, 2.45) is 0 Å². The molecule has 0 aromatic heterocycles. The lowest BCUT2D eigenvalue weighted by Gasteiger charge is -2.25. The molecular formula is C42H30O2S2. The second-order valence-corrected chi connectivity index (χ2v) is 15.9. The first-order chi connectivity index (χ1) is 22.3. The maximum atomic E-state index is 6.62. The van der Waals surface area contributed by atoms with Gasteiger partial charge in [0.25, 0.3) is 0 Å². The Morgan fingerprint density at radius 2 is 0.870 bits per heavy atom. The molecule has 0 N–H and O–H groups in total. The summed E-state index contributed by atoms with van der Waals surface area (Å²) in [6.45, 7) is 9.39. The zero-order valence-corrected chi connectivity index (χ0v) is 27.7. The summed E-state index contributed by atoms with van der Waals surface area (Å²) in [5, 5.41) is 0. The van der Waals surface area contributed by atoms with Crippen LogP contribution in [0.3, 0.4) is 0 Å². The Morgan fingerprint density at radius 3 is 1.33 bits per heavy atom. The maximum Gasteiger partial charge on any atom is 0.149 e. The lowest BCUT2D eigenvalue weighted by molar-refractivity contribution is 0.455. The van der Waals surface area contributed by atoms with Crippen molar-refractivity contribution in [2.45, 2.75) is 58.1 Å². The molecule has 0 saturated carbocycles. The number of ether oxygens (including phenoxy) is 2. The molecule has 2 nitrogen and oxygen atoms in total. The Hall–Kier alpha value is -4.38. The number of hydrogen-bond acceptors (Lipinski definition) is 4. The molecule has 2 aliphatic heterocycles. The van der Waals surface area contributed by atoms with Crippen molar-refractivity contribution < 1.29 is 9.47 Å². The third-order valence-electron chi connectivity index (χ3n) is 10.4. The number of fused-ring (bicyclic) bond motifs is 12. The molecule has 0 spiro atoms. The minimum atomic E-state index is -0.142. The maximum absolute atomic E-state index is 6.62. The number of benzene rings is 6. The third kappa shape index (κ3) is 3.52. The Balaban J connectivity index is 1.07. The molecule has 2 aliphatic carbocycles. The van der Waals surface area contributed by atoms with E-state index in [0.29, 0.717) is 0 Å². The highest BCUT2D eigenvalue weighted by Gasteiger charge is 2.41. The first kappa shape index (κ1) is 26.8. The summed E-state index contributed by atoms with van der Waals surface area (Å²) in [5.41, 5.74) is 12.6. The van der Waals surface area contributed by atoms with Crippen LogP contribution in [0.4, 0.5) is 0 Å². The van der Waals surface area contributed by atoms with Crippen LogP contribution >= 0.6 is 23.5 Å². The summed E-state index contributed by atoms with van der Waals surface area (Å²) >= 11 is 3.60. The standard InChI is InChI=1S/C42H30O2S2/c1-41(2)27-17-19-35-39(43-31-9-5-7-11-33(31)45-35)37(27)25-15-13-23(21-29(25)41)24-14-16-26-30(22-24)42(3,4)28-18-20-36-40(38(26)28)44-32-10-6-8-12-34(32)46-36/h5-22H,1-4H3. The van der Waals surface area contributed by atoms with Gasteiger partial charge < -0.3 is 9.47 Å². The van der Waals surface area contributed by atoms with E-state index in [1.165, 1.54) is 75.2 Å². The fourth-order valence-corrected chi connectivity index (χ4v) is 9.90. The minimum absolute atomic E-state index is 0.142. The van der Waals surface area contributed by atoms with Gasteiger partial charge in [0.05, 0.1) is 19.6 Å². The van der Waals surface area contributed by atoms with E-state index in [-0.39, 0.29) is 10.8 Å². The quantitative estimate of drug-likeness (QED) is 0.180. The zero-order chi connectivity index (χ0) is 30.9. The Bertz CT molecular complexity index is 2170. The van der Waals surface area contributed by atoms with Crippen LogP contribution in [0, 0.1) is 0 Å². The molecule has 6 aromatic carbocycles. The highest BCUT2D eigenvalue weighted by Crippen LogP contribution is 2.61. The SMILES string of the molecule is CC1(C)c2cc(-c3ccc4c(c3)C(C)(C)c3ccc5c(c3-4)Oc3ccccc3S5)ccc2-c2c1ccc1c2Oc2ccccc2S1. The molecule has 6 aromatic rings. The minimum Gasteiger partial charge on any atom is -0.454 e. The van der Waals surface area contributed by atoms with Crippen LogP contribution in [0.15, 0.2) is 129 Å². The highest BCUT2D eigenvalue weighted by atomic mass is 32.2. The van der Waals surface area contributed by atoms with Crippen LogP contribution in [0.25, 0.3) is 33.4 Å². The molecule has 0 amide bonds. The Labute approximate surface area is 277 Å². The van der Waals surface area contributed by atoms with Gasteiger partial charge in [0.15, 0.2) is 0 Å². The molecule has 0 bridgehead atoms. The molecule has 0 saturated heterocycles. The largest absolute Gasteiger partial charge is 0.454 e. The van der Waals surface area contributed by atoms with Gasteiger partial charge in [-0.2, -0.15) is 0 Å². The van der Waals surface area contributed by atoms with Crippen LogP contribution < -0.4 is 9.47 Å². The summed E-state index contributed by atoms with van der Waals surface area (Å²) in [6, 6.07) is 39.8. The van der Waals surface area contributed by atoms with Gasteiger partial charge in [-0.3, -0.25) is 0 Å². The molecule has 0 unspecified atom stereocenters. The fraction of sp³-hybridized carbons (Fsp3) is 0.143. The van der Waals surface area contributed by atoms with Crippen molar-refractivity contribution in [3.05, 3.63) is 131 Å². The second-order valence-electron chi connectivity index (χ2n) is 13.7. The van der Waals surface area contributed by atoms with E-state index in [2.05, 4.69) is 125 Å². The first-order valence-electron chi connectivity index (χ1n) is 15.8. The van der Waals surface area contributed by atoms with Crippen molar-refractivity contribution in [3.8, 4) is 56.4 Å². The summed E-state index contributed by atoms with van der Waals surface area (Å²) in [7, 11) is 0. The smallest absolute Gasteiger partial charge is 0.149 e. The number of hydrogen-bond donors (Lipinski definition) is 0. The molecule has 0 radical (unpaired) electrons. The first-order valence-corrected chi connectivity index (χ1v) is 17.5. The van der Waals surface area contributed by atoms with Crippen LogP contribution in [-0.2, 0) is 10.8 Å². The summed E-state index contributed by atoms with van der Waals surface area (Å²) < 4.78 is 13.2. The zero-order valence-electron chi connectivity index (χ0n) is 26.0. The molecular weight excluding hydrogens is 601 g/mol. The number of para-hydroxylation sites is 2. The molecule has 0 atom stereocenters. The monoisotopic (exact) mass is 630 g/mol. The molecule has 46 heavy (non-hydrogen) atoms. The lowest BCUT2D eigenvalue weighted by atomic mass is 9.80. The van der Waals surface area contributed by atoms with Crippen molar-refractivity contribution in [2.75, 3.05) is 0 Å². The van der Waals surface area contributed by atoms with Gasteiger partial charge in [-0.05, 0) is 93.0 Å². The van der Waals surface area contributed by atoms with Crippen LogP contribution in [-0.4, -0.2) is 0 Å². The van der Waals surface area contributed by atoms with E-state index in [9.17, 15) is 0 Å². The van der Waals surface area contributed by atoms with E-state index in [1.807, 2.05) is 12.1 Å². The van der Waals surface area contributed by atoms with Crippen LogP contribution in [0.1, 0.15) is 49.9 Å². The second kappa shape index (κ2) is 9.12. The van der Waals surface area contributed by atoms with E-state index in [4.69, 9.17) is 9.47 Å². The average molecular weight is 631 g/mol. The van der Waals surface area contributed by atoms with Gasteiger partial charge in [0.2, 0.25) is 0 Å². The molecule has 4 heteroatoms. The van der Waals surface area contributed by atoms with Crippen LogP contribution in [0.2, 0.25) is 0 Å². The normalized spacial score (nSPS) is 16.3. The summed E-state index contributed by atoms with van der Waals surface area (Å²) in [6.07, 6.45) is 0. The summed E-state index contributed by atoms with van der Waals surface area (Å²) in [4.78, 5) is 4.69. The molecule has 0 fully saturated rings. The molecule has 4 aliphatic rings. The highest BCUT2D eigenvalue weighted by molar-refractivity contribution is 7.99. The van der Waals surface area contributed by atoms with Crippen molar-refractivity contribution in [1.82, 2.24) is 0 Å². The van der Waals surface area contributed by atoms with Gasteiger partial charge in [0, 0.05) is 22.0 Å². The predicted molar refractivity (Wildman–Crippen MR) is 188 cm³/mol. The number of rotatable bonds is 1.